The van der Waals surface area contributed by atoms with Gasteiger partial charge in [-0.15, -0.1) is 0 Å². The molecule has 1 amide bonds. The first-order chi connectivity index (χ1) is 9.56. The van der Waals surface area contributed by atoms with E-state index in [4.69, 9.17) is 5.73 Å². The van der Waals surface area contributed by atoms with E-state index in [1.807, 2.05) is 13.8 Å². The van der Waals surface area contributed by atoms with E-state index in [1.54, 1.807) is 4.68 Å². The number of carbonyl (C=O) groups is 1. The average molecular weight is 278 g/mol. The number of nitrogens with zero attached hydrogens (tertiary/aromatic N) is 2. The molecular weight excluding hydrogens is 252 g/mol. The Kier molecular flexibility index (Phi) is 4.68. The van der Waals surface area contributed by atoms with Gasteiger partial charge in [0.15, 0.2) is 0 Å². The third-order valence-electron chi connectivity index (χ3n) is 4.45. The van der Waals surface area contributed by atoms with Gasteiger partial charge in [-0.1, -0.05) is 13.3 Å². The molecule has 1 aromatic rings. The summed E-state index contributed by atoms with van der Waals surface area (Å²) in [5, 5.41) is 7.43. The predicted molar refractivity (Wildman–Crippen MR) is 80.6 cm³/mol. The molecule has 0 aromatic carbocycles. The molecule has 0 bridgehead atoms. The zero-order valence-electron chi connectivity index (χ0n) is 12.8. The second-order valence-corrected chi connectivity index (χ2v) is 5.76. The molecule has 0 saturated heterocycles. The minimum absolute atomic E-state index is 0.0788. The van der Waals surface area contributed by atoms with Gasteiger partial charge in [-0.2, -0.15) is 5.10 Å². The van der Waals surface area contributed by atoms with Gasteiger partial charge < -0.3 is 11.1 Å². The van der Waals surface area contributed by atoms with E-state index < -0.39 is 0 Å². The smallest absolute Gasteiger partial charge is 0.271 e. The van der Waals surface area contributed by atoms with Crippen molar-refractivity contribution in [2.24, 2.45) is 5.92 Å². The van der Waals surface area contributed by atoms with Crippen LogP contribution in [0, 0.1) is 12.8 Å². The van der Waals surface area contributed by atoms with Crippen LogP contribution in [-0.2, 0) is 6.54 Å². The van der Waals surface area contributed by atoms with E-state index in [2.05, 4.69) is 17.3 Å². The molecule has 20 heavy (non-hydrogen) atoms. The SMILES string of the molecule is CCC1CCC(NC(=O)c2c(N)c(C)nn2CC)CC1. The van der Waals surface area contributed by atoms with Crippen LogP contribution in [0.2, 0.25) is 0 Å². The van der Waals surface area contributed by atoms with Crippen LogP contribution in [0.1, 0.15) is 62.1 Å². The van der Waals surface area contributed by atoms with Crippen LogP contribution in [0.5, 0.6) is 0 Å². The Morgan fingerprint density at radius 1 is 1.35 bits per heavy atom. The summed E-state index contributed by atoms with van der Waals surface area (Å²) in [5.41, 5.74) is 7.74. The Morgan fingerprint density at radius 3 is 2.55 bits per heavy atom. The highest BCUT2D eigenvalue weighted by molar-refractivity contribution is 5.98. The molecule has 0 atom stereocenters. The first-order valence-electron chi connectivity index (χ1n) is 7.70. The van der Waals surface area contributed by atoms with Crippen molar-refractivity contribution in [2.45, 2.75) is 65.5 Å². The highest BCUT2D eigenvalue weighted by atomic mass is 16.2. The molecule has 1 aromatic heterocycles. The maximum Gasteiger partial charge on any atom is 0.271 e. The van der Waals surface area contributed by atoms with Crippen LogP contribution >= 0.6 is 0 Å². The Balaban J connectivity index is 2.02. The molecule has 2 rings (SSSR count). The highest BCUT2D eigenvalue weighted by Crippen LogP contribution is 2.27. The fourth-order valence-corrected chi connectivity index (χ4v) is 3.03. The van der Waals surface area contributed by atoms with Crippen molar-refractivity contribution in [2.75, 3.05) is 5.73 Å². The summed E-state index contributed by atoms with van der Waals surface area (Å²) in [7, 11) is 0. The second kappa shape index (κ2) is 6.29. The topological polar surface area (TPSA) is 72.9 Å². The molecule has 0 aliphatic heterocycles. The summed E-state index contributed by atoms with van der Waals surface area (Å²) in [6, 6.07) is 0.283. The van der Waals surface area contributed by atoms with E-state index in [1.165, 1.54) is 19.3 Å². The molecule has 0 radical (unpaired) electrons. The lowest BCUT2D eigenvalue weighted by molar-refractivity contribution is 0.0911. The van der Waals surface area contributed by atoms with Gasteiger partial charge in [-0.25, -0.2) is 0 Å². The van der Waals surface area contributed by atoms with Gasteiger partial charge in [0.05, 0.1) is 11.4 Å². The summed E-state index contributed by atoms with van der Waals surface area (Å²) in [6.45, 7) is 6.70. The summed E-state index contributed by atoms with van der Waals surface area (Å²) >= 11 is 0. The molecule has 3 N–H and O–H groups in total. The zero-order valence-corrected chi connectivity index (χ0v) is 12.8. The normalized spacial score (nSPS) is 22.8. The summed E-state index contributed by atoms with van der Waals surface area (Å²) in [6.07, 6.45) is 5.81. The van der Waals surface area contributed by atoms with Crippen molar-refractivity contribution in [3.05, 3.63) is 11.4 Å². The molecule has 1 aliphatic carbocycles. The number of nitrogen functional groups attached to an aromatic ring is 1. The van der Waals surface area contributed by atoms with E-state index in [0.29, 0.717) is 17.9 Å². The first kappa shape index (κ1) is 14.9. The van der Waals surface area contributed by atoms with E-state index in [9.17, 15) is 4.79 Å². The maximum absolute atomic E-state index is 12.4. The number of aromatic nitrogens is 2. The van der Waals surface area contributed by atoms with Gasteiger partial charge in [0.1, 0.15) is 5.69 Å². The van der Waals surface area contributed by atoms with Gasteiger partial charge in [-0.3, -0.25) is 9.48 Å². The fraction of sp³-hybridized carbons (Fsp3) is 0.733. The Labute approximate surface area is 120 Å². The lowest BCUT2D eigenvalue weighted by Gasteiger charge is -2.28. The highest BCUT2D eigenvalue weighted by Gasteiger charge is 2.25. The third kappa shape index (κ3) is 2.97. The van der Waals surface area contributed by atoms with E-state index in [0.717, 1.165) is 24.5 Å². The number of aryl methyl sites for hydroxylation is 2. The molecule has 0 spiro atoms. The van der Waals surface area contributed by atoms with Crippen molar-refractivity contribution in [1.29, 1.82) is 0 Å². The minimum atomic E-state index is -0.0788. The van der Waals surface area contributed by atoms with Crippen molar-refractivity contribution >= 4 is 11.6 Å². The van der Waals surface area contributed by atoms with Gasteiger partial charge in [0.25, 0.3) is 5.91 Å². The van der Waals surface area contributed by atoms with Gasteiger partial charge in [0, 0.05) is 12.6 Å². The van der Waals surface area contributed by atoms with Crippen LogP contribution in [0.25, 0.3) is 0 Å². The first-order valence-corrected chi connectivity index (χ1v) is 7.70. The van der Waals surface area contributed by atoms with Crippen LogP contribution in [0.3, 0.4) is 0 Å². The number of carbonyl (C=O) groups excluding carboxylic acids is 1. The quantitative estimate of drug-likeness (QED) is 0.888. The number of nitrogens with one attached hydrogen (secondary N) is 1. The maximum atomic E-state index is 12.4. The van der Waals surface area contributed by atoms with Crippen molar-refractivity contribution < 1.29 is 4.79 Å². The molecule has 112 valence electrons. The number of rotatable bonds is 4. The monoisotopic (exact) mass is 278 g/mol. The largest absolute Gasteiger partial charge is 0.395 e. The fourth-order valence-electron chi connectivity index (χ4n) is 3.03. The van der Waals surface area contributed by atoms with E-state index >= 15 is 0 Å². The second-order valence-electron chi connectivity index (χ2n) is 5.76. The predicted octanol–water partition coefficient (Wildman–Crippen LogP) is 2.49. The van der Waals surface area contributed by atoms with Crippen molar-refractivity contribution in [3.8, 4) is 0 Å². The van der Waals surface area contributed by atoms with Crippen molar-refractivity contribution in [3.63, 3.8) is 0 Å². The number of nitrogens with two attached hydrogens (primary N) is 1. The standard InChI is InChI=1S/C15H26N4O/c1-4-11-6-8-12(9-7-11)17-15(20)14-13(16)10(3)18-19(14)5-2/h11-12H,4-9,16H2,1-3H3,(H,17,20). The molecule has 1 heterocycles. The Morgan fingerprint density at radius 2 is 2.00 bits per heavy atom. The van der Waals surface area contributed by atoms with Gasteiger partial charge in [0.2, 0.25) is 0 Å². The molecular formula is C15H26N4O. The molecule has 1 fully saturated rings. The Hall–Kier alpha value is -1.52. The lowest BCUT2D eigenvalue weighted by Crippen LogP contribution is -2.38. The molecule has 1 saturated carbocycles. The summed E-state index contributed by atoms with van der Waals surface area (Å²) in [4.78, 5) is 12.4. The number of hydrogen-bond donors (Lipinski definition) is 2. The lowest BCUT2D eigenvalue weighted by atomic mass is 9.84. The summed E-state index contributed by atoms with van der Waals surface area (Å²) in [5.74, 6) is 0.751. The minimum Gasteiger partial charge on any atom is -0.395 e. The van der Waals surface area contributed by atoms with E-state index in [-0.39, 0.29) is 11.9 Å². The molecule has 5 heteroatoms. The van der Waals surface area contributed by atoms with Crippen LogP contribution in [0.4, 0.5) is 5.69 Å². The Bertz CT molecular complexity index is 472. The number of amides is 1. The summed E-state index contributed by atoms with van der Waals surface area (Å²) < 4.78 is 1.69. The average Bonchev–Trinajstić information content (AvgIpc) is 2.75. The van der Waals surface area contributed by atoms with Gasteiger partial charge >= 0.3 is 0 Å². The van der Waals surface area contributed by atoms with Gasteiger partial charge in [-0.05, 0) is 45.4 Å². The third-order valence-corrected chi connectivity index (χ3v) is 4.45. The zero-order chi connectivity index (χ0) is 14.7. The number of anilines is 1. The molecule has 0 unspecified atom stereocenters. The van der Waals surface area contributed by atoms with Crippen LogP contribution in [-0.4, -0.2) is 21.7 Å². The number of hydrogen-bond acceptors (Lipinski definition) is 3. The van der Waals surface area contributed by atoms with Crippen LogP contribution in [0.15, 0.2) is 0 Å². The molecule has 5 nitrogen and oxygen atoms in total. The molecule has 1 aliphatic rings. The van der Waals surface area contributed by atoms with Crippen molar-refractivity contribution in [1.82, 2.24) is 15.1 Å². The van der Waals surface area contributed by atoms with Crippen LogP contribution < -0.4 is 11.1 Å².